The van der Waals surface area contributed by atoms with Gasteiger partial charge in [0.05, 0.1) is 22.3 Å². The molecule has 3 atom stereocenters. The van der Waals surface area contributed by atoms with Crippen molar-refractivity contribution in [3.8, 4) is 0 Å². The van der Waals surface area contributed by atoms with E-state index in [0.717, 1.165) is 6.42 Å². The van der Waals surface area contributed by atoms with Crippen LogP contribution in [0.2, 0.25) is 5.02 Å². The Balaban J connectivity index is 1.90. The van der Waals surface area contributed by atoms with Gasteiger partial charge in [0.15, 0.2) is 0 Å². The Bertz CT molecular complexity index is 864. The molecule has 2 aliphatic rings. The molecule has 1 heterocycles. The smallest absolute Gasteiger partial charge is 0.336 e. The molecule has 2 aromatic rings. The van der Waals surface area contributed by atoms with Gasteiger partial charge in [-0.2, -0.15) is 0 Å². The fraction of sp³-hybridized carbons (Fsp3) is 0.211. The number of nitrogens with one attached hydrogen (secondary N) is 1. The normalized spacial score (nSPS) is 24.2. The summed E-state index contributed by atoms with van der Waals surface area (Å²) in [5.74, 6) is -1.27. The summed E-state index contributed by atoms with van der Waals surface area (Å²) in [6.07, 6.45) is 4.81. The lowest BCUT2D eigenvalue weighted by molar-refractivity contribution is 0.0695. The van der Waals surface area contributed by atoms with Crippen LogP contribution < -0.4 is 5.32 Å². The van der Waals surface area contributed by atoms with E-state index in [4.69, 9.17) is 11.6 Å². The summed E-state index contributed by atoms with van der Waals surface area (Å²) in [6, 6.07) is 9.55. The van der Waals surface area contributed by atoms with Gasteiger partial charge < -0.3 is 10.4 Å². The van der Waals surface area contributed by atoms with Gasteiger partial charge >= 0.3 is 5.97 Å². The molecule has 0 aromatic heterocycles. The maximum atomic E-state index is 14.3. The highest BCUT2D eigenvalue weighted by molar-refractivity contribution is 6.33. The number of halogens is 2. The molecule has 24 heavy (non-hydrogen) atoms. The summed E-state index contributed by atoms with van der Waals surface area (Å²) in [5.41, 5.74) is 2.12. The van der Waals surface area contributed by atoms with Crippen molar-refractivity contribution in [3.05, 3.63) is 76.1 Å². The number of hydrogen-bond donors (Lipinski definition) is 2. The number of anilines is 1. The Labute approximate surface area is 143 Å². The topological polar surface area (TPSA) is 49.3 Å². The maximum Gasteiger partial charge on any atom is 0.336 e. The molecule has 2 aromatic carbocycles. The van der Waals surface area contributed by atoms with Crippen LogP contribution in [0.3, 0.4) is 0 Å². The van der Waals surface area contributed by atoms with Gasteiger partial charge in [0.1, 0.15) is 5.82 Å². The molecule has 3 nitrogen and oxygen atoms in total. The van der Waals surface area contributed by atoms with Crippen molar-refractivity contribution in [1.29, 1.82) is 0 Å². The van der Waals surface area contributed by atoms with Crippen LogP contribution in [0.1, 0.15) is 39.9 Å². The monoisotopic (exact) mass is 343 g/mol. The van der Waals surface area contributed by atoms with E-state index in [1.165, 1.54) is 12.1 Å². The zero-order valence-electron chi connectivity index (χ0n) is 12.7. The van der Waals surface area contributed by atoms with Crippen LogP contribution in [0.5, 0.6) is 0 Å². The van der Waals surface area contributed by atoms with E-state index in [-0.39, 0.29) is 29.3 Å². The van der Waals surface area contributed by atoms with Crippen molar-refractivity contribution in [3.63, 3.8) is 0 Å². The second-order valence-electron chi connectivity index (χ2n) is 6.19. The third-order valence-corrected chi connectivity index (χ3v) is 5.25. The highest BCUT2D eigenvalue weighted by atomic mass is 35.5. The van der Waals surface area contributed by atoms with Gasteiger partial charge in [0.2, 0.25) is 0 Å². The van der Waals surface area contributed by atoms with Crippen LogP contribution in [-0.2, 0) is 0 Å². The van der Waals surface area contributed by atoms with Crippen molar-refractivity contribution in [1.82, 2.24) is 0 Å². The van der Waals surface area contributed by atoms with Crippen molar-refractivity contribution >= 4 is 23.3 Å². The van der Waals surface area contributed by atoms with Crippen molar-refractivity contribution in [2.24, 2.45) is 5.92 Å². The Kier molecular flexibility index (Phi) is 3.57. The lowest BCUT2D eigenvalue weighted by Gasteiger charge is -2.38. The summed E-state index contributed by atoms with van der Waals surface area (Å²) < 4.78 is 14.3. The van der Waals surface area contributed by atoms with E-state index in [2.05, 4.69) is 5.32 Å². The zero-order valence-corrected chi connectivity index (χ0v) is 13.4. The van der Waals surface area contributed by atoms with Crippen molar-refractivity contribution in [2.75, 3.05) is 5.32 Å². The fourth-order valence-electron chi connectivity index (χ4n) is 3.90. The number of carbonyl (C=O) groups is 1. The maximum absolute atomic E-state index is 14.3. The molecule has 0 amide bonds. The molecule has 122 valence electrons. The minimum atomic E-state index is -0.979. The first-order chi connectivity index (χ1) is 11.6. The van der Waals surface area contributed by atoms with Gasteiger partial charge in [-0.15, -0.1) is 0 Å². The van der Waals surface area contributed by atoms with E-state index < -0.39 is 5.97 Å². The Morgan fingerprint density at radius 3 is 2.79 bits per heavy atom. The fourth-order valence-corrected chi connectivity index (χ4v) is 4.12. The number of benzene rings is 2. The van der Waals surface area contributed by atoms with Crippen molar-refractivity contribution in [2.45, 2.75) is 18.4 Å². The molecule has 0 radical (unpaired) electrons. The molecule has 0 bridgehead atoms. The number of aromatic carboxylic acids is 1. The predicted molar refractivity (Wildman–Crippen MR) is 91.2 cm³/mol. The molecule has 0 saturated heterocycles. The second-order valence-corrected chi connectivity index (χ2v) is 6.59. The third-order valence-electron chi connectivity index (χ3n) is 4.94. The standard InChI is InChI=1S/C19H15ClFNO2/c20-14-9-8-13(19(23)24)16-10-5-3-6-11(10)17(22-18(14)16)12-4-1-2-7-15(12)21/h1-5,7-11,17,22H,6H2,(H,23,24)/t10?,11?,17-/m0/s1. The number of allylic oxidation sites excluding steroid dienone is 2. The molecule has 5 heteroatoms. The van der Waals surface area contributed by atoms with Gasteiger partial charge in [-0.05, 0) is 36.1 Å². The molecular formula is C19H15ClFNO2. The summed E-state index contributed by atoms with van der Waals surface area (Å²) >= 11 is 6.33. The highest BCUT2D eigenvalue weighted by Crippen LogP contribution is 2.52. The number of hydrogen-bond acceptors (Lipinski definition) is 2. The SMILES string of the molecule is O=C(O)c1ccc(Cl)c2c1C1C=CCC1[C@@H](c1ccccc1F)N2. The van der Waals surface area contributed by atoms with E-state index >= 15 is 0 Å². The van der Waals surface area contributed by atoms with Gasteiger partial charge in [0.25, 0.3) is 0 Å². The van der Waals surface area contributed by atoms with E-state index in [1.807, 2.05) is 18.2 Å². The van der Waals surface area contributed by atoms with Crippen LogP contribution >= 0.6 is 11.6 Å². The first-order valence-corrected chi connectivity index (χ1v) is 8.19. The van der Waals surface area contributed by atoms with E-state index in [9.17, 15) is 14.3 Å². The third kappa shape index (κ3) is 2.21. The molecule has 0 spiro atoms. The minimum absolute atomic E-state index is 0.0611. The lowest BCUT2D eigenvalue weighted by atomic mass is 9.75. The Hall–Kier alpha value is -2.33. The number of carboxylic acid groups (broad SMARTS) is 1. The summed E-state index contributed by atoms with van der Waals surface area (Å²) in [4.78, 5) is 11.6. The molecule has 1 aliphatic heterocycles. The summed E-state index contributed by atoms with van der Waals surface area (Å²) in [7, 11) is 0. The van der Waals surface area contributed by atoms with Crippen LogP contribution in [0.4, 0.5) is 10.1 Å². The minimum Gasteiger partial charge on any atom is -0.478 e. The second kappa shape index (κ2) is 5.64. The van der Waals surface area contributed by atoms with Crippen LogP contribution in [0, 0.1) is 11.7 Å². The Morgan fingerprint density at radius 2 is 2.04 bits per heavy atom. The van der Waals surface area contributed by atoms with Gasteiger partial charge in [-0.1, -0.05) is 42.0 Å². The van der Waals surface area contributed by atoms with Gasteiger partial charge in [-0.3, -0.25) is 0 Å². The predicted octanol–water partition coefficient (Wildman–Crippen LogP) is 5.00. The van der Waals surface area contributed by atoms with Crippen LogP contribution in [0.15, 0.2) is 48.6 Å². The average molecular weight is 344 g/mol. The van der Waals surface area contributed by atoms with Crippen LogP contribution in [-0.4, -0.2) is 11.1 Å². The van der Waals surface area contributed by atoms with Gasteiger partial charge in [-0.25, -0.2) is 9.18 Å². The molecule has 4 rings (SSSR count). The molecule has 2 N–H and O–H groups in total. The highest BCUT2D eigenvalue weighted by Gasteiger charge is 2.41. The van der Waals surface area contributed by atoms with Crippen LogP contribution in [0.25, 0.3) is 0 Å². The summed E-state index contributed by atoms with van der Waals surface area (Å²) in [6.45, 7) is 0. The van der Waals surface area contributed by atoms with E-state index in [1.54, 1.807) is 18.2 Å². The quantitative estimate of drug-likeness (QED) is 0.754. The Morgan fingerprint density at radius 1 is 1.25 bits per heavy atom. The van der Waals surface area contributed by atoms with E-state index in [0.29, 0.717) is 21.8 Å². The molecule has 0 saturated carbocycles. The number of rotatable bonds is 2. The number of fused-ring (bicyclic) bond motifs is 3. The number of carboxylic acids is 1. The molecular weight excluding hydrogens is 329 g/mol. The largest absolute Gasteiger partial charge is 0.478 e. The molecule has 1 aliphatic carbocycles. The lowest BCUT2D eigenvalue weighted by Crippen LogP contribution is -2.31. The molecule has 0 fully saturated rings. The average Bonchev–Trinajstić information content (AvgIpc) is 3.05. The zero-order chi connectivity index (χ0) is 16.8. The van der Waals surface area contributed by atoms with Crippen molar-refractivity contribution < 1.29 is 14.3 Å². The first kappa shape index (κ1) is 15.2. The summed E-state index contributed by atoms with van der Waals surface area (Å²) in [5, 5.41) is 13.3. The van der Waals surface area contributed by atoms with Gasteiger partial charge in [0, 0.05) is 11.5 Å². The first-order valence-electron chi connectivity index (χ1n) is 7.81. The molecule has 2 unspecified atom stereocenters.